The van der Waals surface area contributed by atoms with Crippen molar-refractivity contribution in [2.75, 3.05) is 6.54 Å². The van der Waals surface area contributed by atoms with Crippen molar-refractivity contribution >= 4 is 17.8 Å². The largest absolute Gasteiger partial charge is 0.480 e. The normalized spacial score (nSPS) is 47.4. The molecule has 0 saturated heterocycles. The standard InChI is InChI=1S/C36H57NO5/c1-21(2)23-12-17-36(31(41)37-20-28(38)39)19-18-34(6)24(29(23)36)10-11-26-33(5)15-14-27(42-30(40)22-8-9-22)32(3,4)25(33)13-16-35(26,34)7/h21-27,29H,8-20H2,1-7H3,(H,37,41)(H,38,39)/t23-,24?,25?,26?,27+,29?,33-,34+,35+,36-/m0/s1. The molecule has 6 aliphatic rings. The first-order chi connectivity index (χ1) is 19.6. The lowest BCUT2D eigenvalue weighted by Gasteiger charge is -2.73. The molecule has 6 nitrogen and oxygen atoms in total. The highest BCUT2D eigenvalue weighted by Crippen LogP contribution is 2.77. The topological polar surface area (TPSA) is 92.7 Å². The summed E-state index contributed by atoms with van der Waals surface area (Å²) >= 11 is 0. The van der Waals surface area contributed by atoms with E-state index in [9.17, 15) is 19.5 Å². The molecule has 6 aliphatic carbocycles. The molecule has 4 unspecified atom stereocenters. The second-order valence-electron chi connectivity index (χ2n) is 17.4. The molecule has 6 fully saturated rings. The van der Waals surface area contributed by atoms with E-state index in [1.807, 2.05) is 0 Å². The van der Waals surface area contributed by atoms with Crippen molar-refractivity contribution < 1.29 is 24.2 Å². The maximum atomic E-state index is 13.9. The van der Waals surface area contributed by atoms with E-state index in [4.69, 9.17) is 4.74 Å². The van der Waals surface area contributed by atoms with Crippen LogP contribution in [0.15, 0.2) is 0 Å². The monoisotopic (exact) mass is 583 g/mol. The fourth-order valence-electron chi connectivity index (χ4n) is 12.9. The minimum Gasteiger partial charge on any atom is -0.480 e. The van der Waals surface area contributed by atoms with E-state index in [0.29, 0.717) is 35.5 Å². The highest BCUT2D eigenvalue weighted by Gasteiger charge is 2.72. The number of carbonyl (C=O) groups excluding carboxylic acids is 2. The van der Waals surface area contributed by atoms with Gasteiger partial charge in [0.2, 0.25) is 5.91 Å². The zero-order valence-corrected chi connectivity index (χ0v) is 27.4. The van der Waals surface area contributed by atoms with Gasteiger partial charge in [0.05, 0.1) is 11.3 Å². The first-order valence-corrected chi connectivity index (χ1v) is 17.3. The van der Waals surface area contributed by atoms with Gasteiger partial charge in [0.25, 0.3) is 0 Å². The van der Waals surface area contributed by atoms with E-state index < -0.39 is 11.4 Å². The second-order valence-corrected chi connectivity index (χ2v) is 17.4. The van der Waals surface area contributed by atoms with E-state index in [1.165, 1.54) is 25.7 Å². The zero-order chi connectivity index (χ0) is 30.5. The Kier molecular flexibility index (Phi) is 7.22. The third kappa shape index (κ3) is 4.18. The van der Waals surface area contributed by atoms with E-state index in [0.717, 1.165) is 51.4 Å². The maximum absolute atomic E-state index is 13.9. The molecule has 236 valence electrons. The van der Waals surface area contributed by atoms with Gasteiger partial charge in [-0.15, -0.1) is 0 Å². The van der Waals surface area contributed by atoms with Crippen molar-refractivity contribution in [1.29, 1.82) is 0 Å². The summed E-state index contributed by atoms with van der Waals surface area (Å²) in [5.74, 6) is 2.22. The van der Waals surface area contributed by atoms with Crippen molar-refractivity contribution in [3.05, 3.63) is 0 Å². The van der Waals surface area contributed by atoms with Gasteiger partial charge >= 0.3 is 11.9 Å². The van der Waals surface area contributed by atoms with Gasteiger partial charge in [-0.3, -0.25) is 14.4 Å². The molecule has 0 spiro atoms. The summed E-state index contributed by atoms with van der Waals surface area (Å²) in [6.07, 6.45) is 12.8. The van der Waals surface area contributed by atoms with E-state index in [-0.39, 0.29) is 52.1 Å². The van der Waals surface area contributed by atoms with Gasteiger partial charge in [-0.05, 0) is 129 Å². The molecule has 2 N–H and O–H groups in total. The minimum atomic E-state index is -0.965. The summed E-state index contributed by atoms with van der Waals surface area (Å²) < 4.78 is 6.23. The van der Waals surface area contributed by atoms with Crippen LogP contribution < -0.4 is 5.32 Å². The van der Waals surface area contributed by atoms with Crippen molar-refractivity contribution in [2.45, 2.75) is 132 Å². The molecule has 0 aromatic rings. The molecule has 0 radical (unpaired) electrons. The van der Waals surface area contributed by atoms with Gasteiger partial charge < -0.3 is 15.2 Å². The molecule has 6 heteroatoms. The van der Waals surface area contributed by atoms with Crippen LogP contribution in [-0.2, 0) is 19.1 Å². The van der Waals surface area contributed by atoms with Crippen LogP contribution in [0.3, 0.4) is 0 Å². The maximum Gasteiger partial charge on any atom is 0.322 e. The fourth-order valence-corrected chi connectivity index (χ4v) is 12.9. The molecule has 42 heavy (non-hydrogen) atoms. The Morgan fingerprint density at radius 2 is 1.52 bits per heavy atom. The fraction of sp³-hybridized carbons (Fsp3) is 0.917. The lowest BCUT2D eigenvalue weighted by Crippen LogP contribution is -2.67. The minimum absolute atomic E-state index is 0.00358. The van der Waals surface area contributed by atoms with Crippen LogP contribution in [0.4, 0.5) is 0 Å². The SMILES string of the molecule is CC(C)[C@@H]1CC[C@]2(C(=O)NCC(=O)O)CC[C@]3(C)C(CCC4[C@@]5(C)CC[C@@H](OC(=O)C6CC6)C(C)(C)C5CC[C@]43C)C12. The Labute approximate surface area is 253 Å². The van der Waals surface area contributed by atoms with Crippen LogP contribution in [0.1, 0.15) is 126 Å². The second kappa shape index (κ2) is 9.96. The number of fused-ring (bicyclic) bond motifs is 7. The summed E-state index contributed by atoms with van der Waals surface area (Å²) in [6.45, 7) is 16.9. The zero-order valence-electron chi connectivity index (χ0n) is 27.4. The van der Waals surface area contributed by atoms with Crippen LogP contribution in [0.2, 0.25) is 0 Å². The molecule has 0 heterocycles. The van der Waals surface area contributed by atoms with Gasteiger partial charge in [0.15, 0.2) is 0 Å². The third-order valence-corrected chi connectivity index (χ3v) is 15.3. The Morgan fingerprint density at radius 1 is 0.810 bits per heavy atom. The average molecular weight is 584 g/mol. The first kappa shape index (κ1) is 30.4. The van der Waals surface area contributed by atoms with Crippen LogP contribution in [0.5, 0.6) is 0 Å². The summed E-state index contributed by atoms with van der Waals surface area (Å²) in [5.41, 5.74) is 0.108. The number of ether oxygens (including phenoxy) is 1. The Morgan fingerprint density at radius 3 is 2.17 bits per heavy atom. The third-order valence-electron chi connectivity index (χ3n) is 15.3. The Hall–Kier alpha value is -1.59. The number of amides is 1. The van der Waals surface area contributed by atoms with Crippen molar-refractivity contribution in [1.82, 2.24) is 5.32 Å². The van der Waals surface area contributed by atoms with E-state index in [2.05, 4.69) is 53.8 Å². The van der Waals surface area contributed by atoms with Crippen LogP contribution in [0.25, 0.3) is 0 Å². The molecular formula is C36H57NO5. The van der Waals surface area contributed by atoms with Crippen molar-refractivity contribution in [3.8, 4) is 0 Å². The van der Waals surface area contributed by atoms with Crippen molar-refractivity contribution in [2.24, 2.45) is 68.5 Å². The quantitative estimate of drug-likeness (QED) is 0.321. The number of carbonyl (C=O) groups is 3. The molecule has 10 atom stereocenters. The highest BCUT2D eigenvalue weighted by molar-refractivity contribution is 5.86. The summed E-state index contributed by atoms with van der Waals surface area (Å²) in [7, 11) is 0. The molecular weight excluding hydrogens is 526 g/mol. The highest BCUT2D eigenvalue weighted by atomic mass is 16.5. The average Bonchev–Trinajstić information content (AvgIpc) is 3.69. The van der Waals surface area contributed by atoms with Gasteiger partial charge in [-0.25, -0.2) is 0 Å². The van der Waals surface area contributed by atoms with Crippen molar-refractivity contribution in [3.63, 3.8) is 0 Å². The smallest absolute Gasteiger partial charge is 0.322 e. The molecule has 1 amide bonds. The number of aliphatic carboxylic acids is 1. The molecule has 0 aromatic carbocycles. The molecule has 0 aromatic heterocycles. The molecule has 6 rings (SSSR count). The number of carboxylic acids is 1. The van der Waals surface area contributed by atoms with Gasteiger partial charge in [-0.2, -0.15) is 0 Å². The summed E-state index contributed by atoms with van der Waals surface area (Å²) in [6, 6.07) is 0. The molecule has 0 bridgehead atoms. The summed E-state index contributed by atoms with van der Waals surface area (Å²) in [5, 5.41) is 12.2. The summed E-state index contributed by atoms with van der Waals surface area (Å²) in [4.78, 5) is 38.0. The number of hydrogen-bond donors (Lipinski definition) is 2. The molecule has 6 saturated carbocycles. The van der Waals surface area contributed by atoms with Gasteiger partial charge in [-0.1, -0.05) is 48.5 Å². The van der Waals surface area contributed by atoms with Gasteiger partial charge in [0, 0.05) is 5.41 Å². The lowest BCUT2D eigenvalue weighted by molar-refractivity contribution is -0.250. The van der Waals surface area contributed by atoms with E-state index >= 15 is 0 Å². The number of esters is 1. The van der Waals surface area contributed by atoms with Gasteiger partial charge in [0.1, 0.15) is 12.6 Å². The molecule has 0 aliphatic heterocycles. The van der Waals surface area contributed by atoms with Crippen LogP contribution in [0, 0.1) is 68.5 Å². The number of carboxylic acid groups (broad SMARTS) is 1. The predicted octanol–water partition coefficient (Wildman–Crippen LogP) is 7.25. The van der Waals surface area contributed by atoms with Crippen LogP contribution in [-0.4, -0.2) is 35.6 Å². The first-order valence-electron chi connectivity index (χ1n) is 17.3. The Balaban J connectivity index is 1.30. The number of hydrogen-bond acceptors (Lipinski definition) is 4. The Bertz CT molecular complexity index is 1130. The van der Waals surface area contributed by atoms with E-state index in [1.54, 1.807) is 0 Å². The lowest BCUT2D eigenvalue weighted by atomic mass is 9.32. The number of rotatable bonds is 6. The predicted molar refractivity (Wildman–Crippen MR) is 162 cm³/mol. The van der Waals surface area contributed by atoms with Crippen LogP contribution >= 0.6 is 0 Å². The number of nitrogens with one attached hydrogen (secondary N) is 1.